The van der Waals surface area contributed by atoms with Crippen molar-refractivity contribution in [1.29, 1.82) is 0 Å². The van der Waals surface area contributed by atoms with Gasteiger partial charge in [0, 0.05) is 39.1 Å². The average molecular weight is 1080 g/mol. The molecule has 5 heterocycles. The predicted octanol–water partition coefficient (Wildman–Crippen LogP) is 2.38. The number of phenols is 15. The number of aliphatic hydroxyl groups excluding tert-OH is 1. The monoisotopic (exact) mass is 1080 g/mol. The number of aromatic hydroxyl groups is 15. The van der Waals surface area contributed by atoms with E-state index in [4.69, 9.17) is 37.3 Å². The Morgan fingerprint density at radius 2 is 0.833 bits per heavy atom. The summed E-state index contributed by atoms with van der Waals surface area (Å²) in [5.74, 6) is -31.0. The van der Waals surface area contributed by atoms with Crippen LogP contribution in [0, 0.1) is 0 Å². The zero-order valence-electron chi connectivity index (χ0n) is 37.9. The number of benzene rings is 6. The highest BCUT2D eigenvalue weighted by atomic mass is 16.7. The van der Waals surface area contributed by atoms with Gasteiger partial charge in [0.15, 0.2) is 93.3 Å². The highest BCUT2D eigenvalue weighted by Crippen LogP contribution is 2.57. The largest absolute Gasteiger partial charge is 0.504 e. The van der Waals surface area contributed by atoms with Crippen molar-refractivity contribution in [3.8, 4) is 120 Å². The lowest BCUT2D eigenvalue weighted by Crippen LogP contribution is -2.62. The molecule has 0 saturated carbocycles. The van der Waals surface area contributed by atoms with E-state index in [9.17, 15) is 110 Å². The van der Waals surface area contributed by atoms with Crippen molar-refractivity contribution in [2.75, 3.05) is 6.61 Å². The molecule has 78 heavy (non-hydrogen) atoms. The van der Waals surface area contributed by atoms with E-state index in [0.717, 1.165) is 0 Å². The molecule has 0 spiro atoms. The molecule has 16 N–H and O–H groups in total. The Labute approximate surface area is 424 Å². The van der Waals surface area contributed by atoms with E-state index in [1.807, 2.05) is 0 Å². The first-order chi connectivity index (χ1) is 36.8. The molecule has 1 fully saturated rings. The van der Waals surface area contributed by atoms with Crippen LogP contribution in [0.3, 0.4) is 0 Å². The fourth-order valence-corrected chi connectivity index (χ4v) is 9.40. The van der Waals surface area contributed by atoms with E-state index in [0.29, 0.717) is 30.3 Å². The second-order valence-corrected chi connectivity index (χ2v) is 17.3. The van der Waals surface area contributed by atoms with Crippen LogP contribution in [0.25, 0.3) is 55.0 Å². The van der Waals surface area contributed by atoms with Gasteiger partial charge in [0.1, 0.15) is 18.3 Å². The molecule has 1 saturated heterocycles. The molecular weight excluding hydrogens is 1060 g/mol. The number of esters is 4. The van der Waals surface area contributed by atoms with E-state index < -0.39 is 247 Å². The maximum absolute atomic E-state index is 15.0. The third-order valence-electron chi connectivity index (χ3n) is 13.0. The molecule has 0 aliphatic carbocycles. The lowest BCUT2D eigenvalue weighted by molar-refractivity contribution is -0.284. The Kier molecular flexibility index (Phi) is 10.5. The quantitative estimate of drug-likeness (QED) is 0.0341. The number of carbonyl (C=O) groups excluding carboxylic acids is 4. The molecule has 2 bridgehead atoms. The second-order valence-electron chi connectivity index (χ2n) is 17.3. The van der Waals surface area contributed by atoms with Gasteiger partial charge >= 0.3 is 35.1 Å². The van der Waals surface area contributed by atoms with Gasteiger partial charge in [-0.2, -0.15) is 0 Å². The number of ether oxygens (including phenoxy) is 6. The van der Waals surface area contributed by atoms with Crippen LogP contribution in [-0.4, -0.2) is 143 Å². The Balaban J connectivity index is 1.20. The Morgan fingerprint density at radius 1 is 0.385 bits per heavy atom. The zero-order chi connectivity index (χ0) is 56.1. The van der Waals surface area contributed by atoms with E-state index in [1.165, 1.54) is 0 Å². The van der Waals surface area contributed by atoms with E-state index in [1.54, 1.807) is 0 Å². The molecule has 30 heteroatoms. The van der Waals surface area contributed by atoms with Crippen LogP contribution < -0.4 is 16.0 Å². The van der Waals surface area contributed by atoms with Gasteiger partial charge in [-0.15, -0.1) is 0 Å². The number of hydrogen-bond donors (Lipinski definition) is 16. The van der Waals surface area contributed by atoms with Crippen LogP contribution in [0.2, 0.25) is 0 Å². The Morgan fingerprint density at radius 3 is 1.37 bits per heavy atom. The van der Waals surface area contributed by atoms with Crippen LogP contribution in [0.4, 0.5) is 0 Å². The second kappa shape index (κ2) is 16.7. The molecule has 5 atom stereocenters. The number of cyclic esters (lactones) is 1. The van der Waals surface area contributed by atoms with Crippen LogP contribution in [0.1, 0.15) is 41.4 Å². The third kappa shape index (κ3) is 6.76. The van der Waals surface area contributed by atoms with Crippen LogP contribution in [0.15, 0.2) is 48.8 Å². The van der Waals surface area contributed by atoms with Gasteiger partial charge in [-0.3, -0.25) is 0 Å². The highest BCUT2D eigenvalue weighted by Gasteiger charge is 2.54. The summed E-state index contributed by atoms with van der Waals surface area (Å²) < 4.78 is 44.4. The fraction of sp³-hybridized carbons (Fsp3) is 0.125. The molecule has 30 nitrogen and oxygen atoms in total. The van der Waals surface area contributed by atoms with Gasteiger partial charge in [0.2, 0.25) is 40.2 Å². The molecule has 0 radical (unpaired) electrons. The van der Waals surface area contributed by atoms with E-state index in [-0.39, 0.29) is 0 Å². The van der Waals surface area contributed by atoms with Crippen molar-refractivity contribution in [1.82, 2.24) is 0 Å². The minimum atomic E-state index is -2.67. The van der Waals surface area contributed by atoms with Crippen LogP contribution in [-0.2, 0) is 23.7 Å². The lowest BCUT2D eigenvalue weighted by atomic mass is 9.90. The lowest BCUT2D eigenvalue weighted by Gasteiger charge is -2.43. The summed E-state index contributed by atoms with van der Waals surface area (Å²) in [6.45, 7) is -1.40. The highest BCUT2D eigenvalue weighted by molar-refractivity contribution is 6.26. The molecule has 400 valence electrons. The van der Waals surface area contributed by atoms with Gasteiger partial charge in [-0.1, -0.05) is 0 Å². The summed E-state index contributed by atoms with van der Waals surface area (Å²) in [7, 11) is 0. The Hall–Kier alpha value is -11.1. The van der Waals surface area contributed by atoms with E-state index >= 15 is 0 Å². The van der Waals surface area contributed by atoms with Gasteiger partial charge in [-0.05, 0) is 24.3 Å². The first kappa shape index (κ1) is 49.1. The molecule has 3 aliphatic heterocycles. The van der Waals surface area contributed by atoms with Gasteiger partial charge in [-0.25, -0.2) is 28.8 Å². The molecule has 0 unspecified atom stereocenters. The SMILES string of the molecule is O=C1OC[C@H]2O[C@H](O)[C@@H]3OC(=O)c4cc(O)c(O)c(O)c4-c4c(cc(O)c(O)c4O)C(=O)O[C@H]3[C@@H]2OC(=O)c2cc(O)c(O)c(O)c2-c2c(O)c(O)c3oc(=O)c4cc(O)c(c5oc(=O)c2c3c54)Oc2c1cc(O)c(O)c2O. The summed E-state index contributed by atoms with van der Waals surface area (Å²) in [4.78, 5) is 85.9. The number of carbonyl (C=O) groups is 4. The summed E-state index contributed by atoms with van der Waals surface area (Å²) >= 11 is 0. The van der Waals surface area contributed by atoms with Crippen LogP contribution in [0.5, 0.6) is 97.7 Å². The van der Waals surface area contributed by atoms with Crippen molar-refractivity contribution >= 4 is 56.6 Å². The molecule has 3 aliphatic rings. The first-order valence-corrected chi connectivity index (χ1v) is 21.7. The number of rotatable bonds is 0. The number of fused-ring (bicyclic) bond motifs is 10. The number of aliphatic hydroxyl groups is 1. The molecule has 11 rings (SSSR count). The van der Waals surface area contributed by atoms with Crippen molar-refractivity contribution < 1.29 is 138 Å². The van der Waals surface area contributed by atoms with E-state index in [2.05, 4.69) is 0 Å². The molecule has 0 amide bonds. The normalized spacial score (nSPS) is 19.3. The zero-order valence-corrected chi connectivity index (χ0v) is 37.9. The van der Waals surface area contributed by atoms with Crippen molar-refractivity contribution in [3.05, 3.63) is 73.4 Å². The summed E-state index contributed by atoms with van der Waals surface area (Å²) in [6.07, 6.45) is -12.8. The first-order valence-electron chi connectivity index (χ1n) is 21.7. The average Bonchev–Trinajstić information content (AvgIpc) is 3.22. The van der Waals surface area contributed by atoms with Crippen molar-refractivity contribution in [2.24, 2.45) is 0 Å². The summed E-state index contributed by atoms with van der Waals surface area (Å²) in [5, 5.41) is 173. The predicted molar refractivity (Wildman–Crippen MR) is 245 cm³/mol. The minimum absolute atomic E-state index is 0.320. The molecule has 8 aromatic rings. The standard InChI is InChI=1S/C48H28O30/c49-12-1-7-18(29(58)25(12)54)19-8(2-13(50)26(55)30(19)59)45(67)78-41-40(77-44(7)66)37-17(72-48(41)70)6-71-42(64)11-5-15(52)28(57)33(62)35(11)73-36-16(53)4-10-21-23-24(47(69)76-39(21)36)22(32(61)34(63)38(23)75-46(10)68)20-9(43(65)74-37)3-14(51)27(56)31(20)60/h1-5,17,37,40-41,48-63,70H,6H2/t17-,37-,40+,41-,48+/m1/s1. The summed E-state index contributed by atoms with van der Waals surface area (Å²) in [6, 6.07) is 2.12. The van der Waals surface area contributed by atoms with Crippen molar-refractivity contribution in [3.63, 3.8) is 0 Å². The van der Waals surface area contributed by atoms with Crippen LogP contribution >= 0.6 is 0 Å². The maximum Gasteiger partial charge on any atom is 0.345 e. The summed E-state index contributed by atoms with van der Waals surface area (Å²) in [5.41, 5.74) is -14.5. The number of phenolic OH excluding ortho intramolecular Hbond substituents is 15. The smallest absolute Gasteiger partial charge is 0.345 e. The van der Waals surface area contributed by atoms with Gasteiger partial charge in [0.25, 0.3) is 0 Å². The minimum Gasteiger partial charge on any atom is -0.504 e. The molecule has 6 aromatic carbocycles. The topological polar surface area (TPSA) is 508 Å². The Bertz CT molecular complexity index is 4210. The number of hydrogen-bond acceptors (Lipinski definition) is 30. The van der Waals surface area contributed by atoms with Crippen molar-refractivity contribution in [2.45, 2.75) is 30.7 Å². The molecule has 2 aromatic heterocycles. The van der Waals surface area contributed by atoms with Gasteiger partial charge in [0.05, 0.1) is 27.5 Å². The van der Waals surface area contributed by atoms with Gasteiger partial charge < -0.3 is 119 Å². The maximum atomic E-state index is 15.0. The third-order valence-corrected chi connectivity index (χ3v) is 13.0. The molecular formula is C48H28O30. The fourth-order valence-electron chi connectivity index (χ4n) is 9.40.